The van der Waals surface area contributed by atoms with Crippen LogP contribution in [0, 0.1) is 5.82 Å². The van der Waals surface area contributed by atoms with Gasteiger partial charge in [-0.15, -0.1) is 0 Å². The van der Waals surface area contributed by atoms with Crippen molar-refractivity contribution >= 4 is 5.97 Å². The predicted molar refractivity (Wildman–Crippen MR) is 43.3 cm³/mol. The van der Waals surface area contributed by atoms with Gasteiger partial charge in [0.25, 0.3) is 12.0 Å². The standard InChI is InChI=1S/C8H6F3NO3/c1-15-8(14)6-5(7(10)11)3(9)2-4(13)12-6/h2,7H,1H3,(H,12,13). The summed E-state index contributed by atoms with van der Waals surface area (Å²) >= 11 is 0. The van der Waals surface area contributed by atoms with Crippen molar-refractivity contribution in [3.05, 3.63) is 33.5 Å². The number of H-pyrrole nitrogens is 1. The molecule has 0 saturated heterocycles. The van der Waals surface area contributed by atoms with E-state index in [0.717, 1.165) is 7.11 Å². The third-order valence-electron chi connectivity index (χ3n) is 1.64. The summed E-state index contributed by atoms with van der Waals surface area (Å²) in [5.74, 6) is -2.66. The lowest BCUT2D eigenvalue weighted by molar-refractivity contribution is 0.0578. The molecule has 0 aliphatic rings. The van der Waals surface area contributed by atoms with Crippen LogP contribution < -0.4 is 5.56 Å². The number of aromatic amines is 1. The smallest absolute Gasteiger partial charge is 0.355 e. The number of aromatic nitrogens is 1. The van der Waals surface area contributed by atoms with Crippen molar-refractivity contribution in [3.8, 4) is 0 Å². The molecule has 1 aromatic rings. The molecule has 1 aromatic heterocycles. The highest BCUT2D eigenvalue weighted by Crippen LogP contribution is 2.23. The molecule has 7 heteroatoms. The molecule has 0 saturated carbocycles. The molecule has 0 atom stereocenters. The van der Waals surface area contributed by atoms with Gasteiger partial charge in [0.15, 0.2) is 0 Å². The first-order chi connectivity index (χ1) is 6.97. The van der Waals surface area contributed by atoms with E-state index in [4.69, 9.17) is 0 Å². The average molecular weight is 221 g/mol. The fourth-order valence-electron chi connectivity index (χ4n) is 1.02. The molecule has 82 valence electrons. The first kappa shape index (κ1) is 11.3. The minimum atomic E-state index is -3.21. The maximum atomic E-state index is 13.0. The van der Waals surface area contributed by atoms with E-state index in [0.29, 0.717) is 6.07 Å². The normalized spacial score (nSPS) is 10.5. The highest BCUT2D eigenvalue weighted by molar-refractivity contribution is 5.88. The van der Waals surface area contributed by atoms with Crippen molar-refractivity contribution in [1.82, 2.24) is 4.98 Å². The van der Waals surface area contributed by atoms with E-state index in [1.807, 2.05) is 0 Å². The van der Waals surface area contributed by atoms with E-state index < -0.39 is 35.0 Å². The third-order valence-corrected chi connectivity index (χ3v) is 1.64. The van der Waals surface area contributed by atoms with Gasteiger partial charge in [-0.25, -0.2) is 18.0 Å². The van der Waals surface area contributed by atoms with Crippen LogP contribution in [0.5, 0.6) is 0 Å². The lowest BCUT2D eigenvalue weighted by atomic mass is 10.2. The summed E-state index contributed by atoms with van der Waals surface area (Å²) in [7, 11) is 0.931. The maximum Gasteiger partial charge on any atom is 0.355 e. The number of rotatable bonds is 2. The van der Waals surface area contributed by atoms with Crippen molar-refractivity contribution in [2.45, 2.75) is 6.43 Å². The van der Waals surface area contributed by atoms with Gasteiger partial charge in [0, 0.05) is 6.07 Å². The van der Waals surface area contributed by atoms with Crippen LogP contribution in [0.4, 0.5) is 13.2 Å². The number of nitrogens with one attached hydrogen (secondary N) is 1. The molecule has 0 amide bonds. The monoisotopic (exact) mass is 221 g/mol. The maximum absolute atomic E-state index is 13.0. The number of pyridine rings is 1. The van der Waals surface area contributed by atoms with Crippen LogP contribution in [0.25, 0.3) is 0 Å². The van der Waals surface area contributed by atoms with E-state index in [9.17, 15) is 22.8 Å². The first-order valence-corrected chi connectivity index (χ1v) is 3.76. The summed E-state index contributed by atoms with van der Waals surface area (Å²) in [6.45, 7) is 0. The lowest BCUT2D eigenvalue weighted by Crippen LogP contribution is -2.18. The fourth-order valence-corrected chi connectivity index (χ4v) is 1.02. The number of hydrogen-bond acceptors (Lipinski definition) is 3. The second kappa shape index (κ2) is 4.16. The van der Waals surface area contributed by atoms with E-state index in [1.165, 1.54) is 0 Å². The minimum absolute atomic E-state index is 0.341. The van der Waals surface area contributed by atoms with Gasteiger partial charge in [0.1, 0.15) is 11.5 Å². The largest absolute Gasteiger partial charge is 0.464 e. The number of alkyl halides is 2. The number of methoxy groups -OCH3 is 1. The summed E-state index contributed by atoms with van der Waals surface area (Å²) in [6, 6.07) is 0.341. The number of carbonyl (C=O) groups excluding carboxylic acids is 1. The van der Waals surface area contributed by atoms with Gasteiger partial charge < -0.3 is 9.72 Å². The van der Waals surface area contributed by atoms with Gasteiger partial charge in [-0.05, 0) is 0 Å². The molecule has 0 aliphatic carbocycles. The second-order valence-electron chi connectivity index (χ2n) is 2.56. The SMILES string of the molecule is COC(=O)c1[nH]c(=O)cc(F)c1C(F)F. The predicted octanol–water partition coefficient (Wildman–Crippen LogP) is 1.24. The van der Waals surface area contributed by atoms with Crippen LogP contribution in [-0.2, 0) is 4.74 Å². The molecule has 0 fully saturated rings. The van der Waals surface area contributed by atoms with Gasteiger partial charge in [-0.2, -0.15) is 0 Å². The molecular weight excluding hydrogens is 215 g/mol. The molecule has 0 bridgehead atoms. The van der Waals surface area contributed by atoms with Crippen molar-refractivity contribution in [2.24, 2.45) is 0 Å². The van der Waals surface area contributed by atoms with Gasteiger partial charge >= 0.3 is 5.97 Å². The van der Waals surface area contributed by atoms with Gasteiger partial charge in [0.05, 0.1) is 12.7 Å². The number of hydrogen-bond donors (Lipinski definition) is 1. The van der Waals surface area contributed by atoms with Crippen molar-refractivity contribution in [2.75, 3.05) is 7.11 Å². The van der Waals surface area contributed by atoms with Gasteiger partial charge in [-0.1, -0.05) is 0 Å². The zero-order valence-electron chi connectivity index (χ0n) is 7.51. The molecule has 0 spiro atoms. The average Bonchev–Trinajstić information content (AvgIpc) is 2.14. The number of esters is 1. The molecule has 4 nitrogen and oxygen atoms in total. The Morgan fingerprint density at radius 3 is 2.60 bits per heavy atom. The Hall–Kier alpha value is -1.79. The first-order valence-electron chi connectivity index (χ1n) is 3.76. The number of halogens is 3. The molecule has 0 radical (unpaired) electrons. The Bertz CT molecular complexity index is 441. The van der Waals surface area contributed by atoms with Crippen LogP contribution >= 0.6 is 0 Å². The molecular formula is C8H6F3NO3. The van der Waals surface area contributed by atoms with Crippen molar-refractivity contribution < 1.29 is 22.7 Å². The highest BCUT2D eigenvalue weighted by Gasteiger charge is 2.24. The summed E-state index contributed by atoms with van der Waals surface area (Å²) < 4.78 is 41.8. The summed E-state index contributed by atoms with van der Waals surface area (Å²) in [6.07, 6.45) is -3.21. The van der Waals surface area contributed by atoms with Gasteiger partial charge in [-0.3, -0.25) is 4.79 Å². The zero-order chi connectivity index (χ0) is 11.6. The highest BCUT2D eigenvalue weighted by atomic mass is 19.3. The quantitative estimate of drug-likeness (QED) is 0.764. The molecule has 1 N–H and O–H groups in total. The Morgan fingerprint density at radius 1 is 1.53 bits per heavy atom. The Morgan fingerprint density at radius 2 is 2.13 bits per heavy atom. The Balaban J connectivity index is 3.46. The lowest BCUT2D eigenvalue weighted by Gasteiger charge is -2.06. The number of carbonyl (C=O) groups is 1. The topological polar surface area (TPSA) is 59.2 Å². The Kier molecular flexibility index (Phi) is 3.13. The van der Waals surface area contributed by atoms with Gasteiger partial charge in [0.2, 0.25) is 0 Å². The fraction of sp³-hybridized carbons (Fsp3) is 0.250. The van der Waals surface area contributed by atoms with E-state index >= 15 is 0 Å². The van der Waals surface area contributed by atoms with E-state index in [1.54, 1.807) is 4.98 Å². The molecule has 1 heterocycles. The molecule has 0 aliphatic heterocycles. The van der Waals surface area contributed by atoms with Crippen LogP contribution in [0.1, 0.15) is 22.5 Å². The summed E-state index contributed by atoms with van der Waals surface area (Å²) in [4.78, 5) is 23.5. The van der Waals surface area contributed by atoms with Crippen LogP contribution in [0.15, 0.2) is 10.9 Å². The van der Waals surface area contributed by atoms with Crippen LogP contribution in [0.2, 0.25) is 0 Å². The van der Waals surface area contributed by atoms with Crippen molar-refractivity contribution in [3.63, 3.8) is 0 Å². The van der Waals surface area contributed by atoms with Crippen molar-refractivity contribution in [1.29, 1.82) is 0 Å². The second-order valence-corrected chi connectivity index (χ2v) is 2.56. The Labute approximate surface area is 81.7 Å². The third kappa shape index (κ3) is 2.17. The summed E-state index contributed by atoms with van der Waals surface area (Å²) in [5, 5.41) is 0. The number of ether oxygens (including phenoxy) is 1. The van der Waals surface area contributed by atoms with Crippen LogP contribution in [0.3, 0.4) is 0 Å². The molecule has 15 heavy (non-hydrogen) atoms. The van der Waals surface area contributed by atoms with E-state index in [-0.39, 0.29) is 0 Å². The molecule has 0 aromatic carbocycles. The molecule has 0 unspecified atom stereocenters. The van der Waals surface area contributed by atoms with Crippen LogP contribution in [-0.4, -0.2) is 18.1 Å². The minimum Gasteiger partial charge on any atom is -0.464 e. The summed E-state index contributed by atoms with van der Waals surface area (Å²) in [5.41, 5.74) is -3.02. The zero-order valence-corrected chi connectivity index (χ0v) is 7.51. The molecule has 1 rings (SSSR count). The van der Waals surface area contributed by atoms with E-state index in [2.05, 4.69) is 4.74 Å².